The lowest BCUT2D eigenvalue weighted by atomic mass is 9.85. The first-order valence-electron chi connectivity index (χ1n) is 5.79. The molecule has 2 N–H and O–H groups in total. The average Bonchev–Trinajstić information content (AvgIpc) is 2.27. The minimum atomic E-state index is -0.908. The molecule has 1 atom stereocenters. The first kappa shape index (κ1) is 14.9. The first-order chi connectivity index (χ1) is 8.70. The number of carbonyl (C=O) groups is 1. The Labute approximate surface area is 110 Å². The molecule has 1 aromatic heterocycles. The monoisotopic (exact) mass is 267 g/mol. The van der Waals surface area contributed by atoms with Gasteiger partial charge >= 0.3 is 5.97 Å². The van der Waals surface area contributed by atoms with E-state index in [1.807, 2.05) is 20.8 Å². The van der Waals surface area contributed by atoms with Crippen molar-refractivity contribution in [3.63, 3.8) is 0 Å². The zero-order chi connectivity index (χ0) is 14.6. The minimum Gasteiger partial charge on any atom is -0.481 e. The van der Waals surface area contributed by atoms with Gasteiger partial charge in [0.15, 0.2) is 0 Å². The average molecular weight is 267 g/mol. The Morgan fingerprint density at radius 2 is 2.16 bits per heavy atom. The summed E-state index contributed by atoms with van der Waals surface area (Å²) in [6.07, 6.45) is 1.09. The van der Waals surface area contributed by atoms with E-state index in [-0.39, 0.29) is 23.6 Å². The molecule has 0 aliphatic carbocycles. The largest absolute Gasteiger partial charge is 0.481 e. The number of nitrogens with zero attached hydrogens (tertiary/aromatic N) is 2. The molecule has 0 radical (unpaired) electrons. The summed E-state index contributed by atoms with van der Waals surface area (Å²) < 4.78 is 0. The van der Waals surface area contributed by atoms with Crippen molar-refractivity contribution in [3.8, 4) is 0 Å². The SMILES string of the molecule is CC(C)(C)C(CC(=O)O)Nc1ccc([N+](=O)[O-])cn1. The third-order valence-corrected chi connectivity index (χ3v) is 2.70. The Morgan fingerprint density at radius 1 is 1.53 bits per heavy atom. The van der Waals surface area contributed by atoms with Crippen molar-refractivity contribution >= 4 is 17.5 Å². The molecule has 0 aliphatic rings. The molecule has 1 heterocycles. The lowest BCUT2D eigenvalue weighted by Gasteiger charge is -2.30. The van der Waals surface area contributed by atoms with Crippen LogP contribution in [-0.2, 0) is 4.79 Å². The van der Waals surface area contributed by atoms with E-state index in [1.165, 1.54) is 12.1 Å². The number of carboxylic acid groups (broad SMARTS) is 1. The van der Waals surface area contributed by atoms with Crippen LogP contribution in [0.5, 0.6) is 0 Å². The Hall–Kier alpha value is -2.18. The molecular formula is C12H17N3O4. The van der Waals surface area contributed by atoms with E-state index < -0.39 is 10.9 Å². The normalized spacial score (nSPS) is 12.8. The van der Waals surface area contributed by atoms with Gasteiger partial charge in [0, 0.05) is 12.1 Å². The number of carboxylic acids is 1. The van der Waals surface area contributed by atoms with Crippen LogP contribution in [0.2, 0.25) is 0 Å². The second-order valence-corrected chi connectivity index (χ2v) is 5.32. The van der Waals surface area contributed by atoms with Gasteiger partial charge in [-0.05, 0) is 11.5 Å². The highest BCUT2D eigenvalue weighted by Gasteiger charge is 2.27. The number of rotatable bonds is 5. The van der Waals surface area contributed by atoms with Crippen molar-refractivity contribution in [1.29, 1.82) is 0 Å². The summed E-state index contributed by atoms with van der Waals surface area (Å²) in [5.74, 6) is -0.485. The Morgan fingerprint density at radius 3 is 2.53 bits per heavy atom. The van der Waals surface area contributed by atoms with Gasteiger partial charge in [-0.25, -0.2) is 4.98 Å². The van der Waals surface area contributed by atoms with Gasteiger partial charge in [-0.1, -0.05) is 20.8 Å². The quantitative estimate of drug-likeness (QED) is 0.626. The number of hydrogen-bond acceptors (Lipinski definition) is 5. The molecule has 7 nitrogen and oxygen atoms in total. The lowest BCUT2D eigenvalue weighted by Crippen LogP contribution is -2.36. The zero-order valence-corrected chi connectivity index (χ0v) is 11.1. The fourth-order valence-electron chi connectivity index (χ4n) is 1.51. The van der Waals surface area contributed by atoms with Crippen molar-refractivity contribution in [2.24, 2.45) is 5.41 Å². The molecule has 0 spiro atoms. The number of pyridine rings is 1. The van der Waals surface area contributed by atoms with Crippen molar-refractivity contribution < 1.29 is 14.8 Å². The van der Waals surface area contributed by atoms with E-state index in [0.717, 1.165) is 6.20 Å². The highest BCUT2D eigenvalue weighted by molar-refractivity contribution is 5.68. The first-order valence-corrected chi connectivity index (χ1v) is 5.79. The number of aromatic nitrogens is 1. The molecule has 0 saturated heterocycles. The van der Waals surface area contributed by atoms with Crippen molar-refractivity contribution in [3.05, 3.63) is 28.4 Å². The molecule has 7 heteroatoms. The molecule has 19 heavy (non-hydrogen) atoms. The van der Waals surface area contributed by atoms with Gasteiger partial charge in [0.25, 0.3) is 5.69 Å². The van der Waals surface area contributed by atoms with Crippen LogP contribution in [-0.4, -0.2) is 27.0 Å². The van der Waals surface area contributed by atoms with Gasteiger partial charge < -0.3 is 10.4 Å². The topological polar surface area (TPSA) is 105 Å². The molecule has 1 aromatic rings. The Bertz CT molecular complexity index is 465. The summed E-state index contributed by atoms with van der Waals surface area (Å²) >= 11 is 0. The maximum atomic E-state index is 10.8. The maximum absolute atomic E-state index is 10.8. The number of hydrogen-bond donors (Lipinski definition) is 2. The van der Waals surface area contributed by atoms with Crippen LogP contribution in [0.4, 0.5) is 11.5 Å². The highest BCUT2D eigenvalue weighted by atomic mass is 16.6. The molecule has 0 bridgehead atoms. The summed E-state index contributed by atoms with van der Waals surface area (Å²) in [5.41, 5.74) is -0.377. The summed E-state index contributed by atoms with van der Waals surface area (Å²) in [7, 11) is 0. The van der Waals surface area contributed by atoms with Crippen LogP contribution >= 0.6 is 0 Å². The van der Waals surface area contributed by atoms with Crippen molar-refractivity contribution in [2.75, 3.05) is 5.32 Å². The van der Waals surface area contributed by atoms with Crippen LogP contribution in [0.15, 0.2) is 18.3 Å². The smallest absolute Gasteiger partial charge is 0.305 e. The van der Waals surface area contributed by atoms with Crippen molar-refractivity contribution in [1.82, 2.24) is 4.98 Å². The second-order valence-electron chi connectivity index (χ2n) is 5.32. The van der Waals surface area contributed by atoms with Crippen molar-refractivity contribution in [2.45, 2.75) is 33.2 Å². The molecule has 0 amide bonds. The highest BCUT2D eigenvalue weighted by Crippen LogP contribution is 2.25. The van der Waals surface area contributed by atoms with E-state index >= 15 is 0 Å². The van der Waals surface area contributed by atoms with Crippen LogP contribution in [0.1, 0.15) is 27.2 Å². The summed E-state index contributed by atoms with van der Waals surface area (Å²) in [5, 5.41) is 22.4. The van der Waals surface area contributed by atoms with E-state index in [1.54, 1.807) is 0 Å². The van der Waals surface area contributed by atoms with E-state index in [9.17, 15) is 14.9 Å². The van der Waals surface area contributed by atoms with Gasteiger partial charge in [0.05, 0.1) is 11.3 Å². The number of nitrogens with one attached hydrogen (secondary N) is 1. The summed E-state index contributed by atoms with van der Waals surface area (Å²) in [6, 6.07) is 2.48. The third kappa shape index (κ3) is 4.53. The van der Waals surface area contributed by atoms with Crippen LogP contribution in [0.25, 0.3) is 0 Å². The number of nitro groups is 1. The molecule has 0 fully saturated rings. The molecule has 0 aliphatic heterocycles. The number of anilines is 1. The van der Waals surface area contributed by atoms with E-state index in [4.69, 9.17) is 5.11 Å². The lowest BCUT2D eigenvalue weighted by molar-refractivity contribution is -0.385. The van der Waals surface area contributed by atoms with Gasteiger partial charge in [-0.3, -0.25) is 14.9 Å². The predicted molar refractivity (Wildman–Crippen MR) is 70.0 cm³/mol. The molecule has 0 aromatic carbocycles. The van der Waals surface area contributed by atoms with Gasteiger partial charge in [0.1, 0.15) is 12.0 Å². The fourth-order valence-corrected chi connectivity index (χ4v) is 1.51. The molecule has 104 valence electrons. The van der Waals surface area contributed by atoms with Crippen LogP contribution in [0, 0.1) is 15.5 Å². The third-order valence-electron chi connectivity index (χ3n) is 2.70. The van der Waals surface area contributed by atoms with Crippen LogP contribution < -0.4 is 5.32 Å². The standard InChI is InChI=1S/C12H17N3O4/c1-12(2,3)9(6-11(16)17)14-10-5-4-8(7-13-10)15(18)19/h4-5,7,9H,6H2,1-3H3,(H,13,14)(H,16,17). The van der Waals surface area contributed by atoms with Gasteiger partial charge in [-0.2, -0.15) is 0 Å². The number of aliphatic carboxylic acids is 1. The maximum Gasteiger partial charge on any atom is 0.305 e. The predicted octanol–water partition coefficient (Wildman–Crippen LogP) is 2.29. The summed E-state index contributed by atoms with van der Waals surface area (Å²) in [6.45, 7) is 5.75. The minimum absolute atomic E-state index is 0.0534. The Balaban J connectivity index is 2.84. The van der Waals surface area contributed by atoms with Gasteiger partial charge in [-0.15, -0.1) is 0 Å². The molecule has 0 saturated carbocycles. The molecular weight excluding hydrogens is 250 g/mol. The molecule has 1 rings (SSSR count). The zero-order valence-electron chi connectivity index (χ0n) is 11.1. The summed E-state index contributed by atoms with van der Waals surface area (Å²) in [4.78, 5) is 24.7. The van der Waals surface area contributed by atoms with Crippen LogP contribution in [0.3, 0.4) is 0 Å². The second kappa shape index (κ2) is 5.64. The fraction of sp³-hybridized carbons (Fsp3) is 0.500. The molecule has 1 unspecified atom stereocenters. The van der Waals surface area contributed by atoms with E-state index in [0.29, 0.717) is 5.82 Å². The van der Waals surface area contributed by atoms with E-state index in [2.05, 4.69) is 10.3 Å². The Kier molecular flexibility index (Phi) is 4.42. The van der Waals surface area contributed by atoms with Gasteiger partial charge in [0.2, 0.25) is 0 Å².